The lowest BCUT2D eigenvalue weighted by Crippen LogP contribution is -2.20. The number of nitrogens with zero attached hydrogens (tertiary/aromatic N) is 1. The van der Waals surface area contributed by atoms with E-state index >= 15 is 0 Å². The van der Waals surface area contributed by atoms with Crippen LogP contribution in [0.2, 0.25) is 0 Å². The fourth-order valence-electron chi connectivity index (χ4n) is 1.84. The van der Waals surface area contributed by atoms with E-state index in [1.807, 2.05) is 13.0 Å². The number of anilines is 1. The van der Waals surface area contributed by atoms with E-state index in [9.17, 15) is 8.42 Å². The molecule has 0 saturated carbocycles. The summed E-state index contributed by atoms with van der Waals surface area (Å²) < 4.78 is 30.1. The summed E-state index contributed by atoms with van der Waals surface area (Å²) in [5.41, 5.74) is 6.76. The number of nitrogen functional groups attached to an aromatic ring is 1. The highest BCUT2D eigenvalue weighted by molar-refractivity contribution is 7.91. The lowest BCUT2D eigenvalue weighted by Gasteiger charge is -2.07. The van der Waals surface area contributed by atoms with E-state index in [0.717, 1.165) is 5.56 Å². The molecule has 108 valence electrons. The van der Waals surface area contributed by atoms with Crippen LogP contribution in [0.4, 0.5) is 5.82 Å². The van der Waals surface area contributed by atoms with Gasteiger partial charge in [-0.15, -0.1) is 0 Å². The molecular weight excluding hydrogens is 290 g/mol. The highest BCUT2D eigenvalue weighted by Gasteiger charge is 2.27. The van der Waals surface area contributed by atoms with Gasteiger partial charge >= 0.3 is 0 Å². The van der Waals surface area contributed by atoms with Crippen LogP contribution in [0.1, 0.15) is 11.1 Å². The smallest absolute Gasteiger partial charge is 0.300 e. The summed E-state index contributed by atoms with van der Waals surface area (Å²) in [5.74, 6) is 0.0456. The van der Waals surface area contributed by atoms with Gasteiger partial charge in [0.25, 0.3) is 11.7 Å². The minimum Gasteiger partial charge on any atom is -0.465 e. The molecule has 0 fully saturated rings. The number of nitriles is 1. The Morgan fingerprint density at radius 1 is 1.29 bits per heavy atom. The first-order valence-corrected chi connectivity index (χ1v) is 7.50. The molecule has 1 aromatic carbocycles. The minimum atomic E-state index is -3.81. The van der Waals surface area contributed by atoms with E-state index in [2.05, 4.69) is 4.98 Å². The third-order valence-electron chi connectivity index (χ3n) is 2.98. The molecule has 0 bridgehead atoms. The van der Waals surface area contributed by atoms with Gasteiger partial charge < -0.3 is 4.74 Å². The minimum absolute atomic E-state index is 0.0670. The van der Waals surface area contributed by atoms with Crippen molar-refractivity contribution >= 4 is 15.7 Å². The number of nitrogens with one attached hydrogen (secondary N) is 1. The summed E-state index contributed by atoms with van der Waals surface area (Å²) in [7, 11) is -2.45. The molecule has 2 rings (SSSR count). The highest BCUT2D eigenvalue weighted by atomic mass is 32.2. The first kappa shape index (κ1) is 14.8. The number of nitrogens with two attached hydrogens (primary N) is 1. The van der Waals surface area contributed by atoms with E-state index in [4.69, 9.17) is 15.7 Å². The Kier molecular flexibility index (Phi) is 3.82. The topological polar surface area (TPSA) is 107 Å². The zero-order valence-corrected chi connectivity index (χ0v) is 12.4. The Morgan fingerprint density at radius 2 is 1.90 bits per heavy atom. The summed E-state index contributed by atoms with van der Waals surface area (Å²) in [6.07, 6.45) is 0. The van der Waals surface area contributed by atoms with Crippen LogP contribution in [0.25, 0.3) is 0 Å². The standard InChI is InChI=1S/C14H13N3O3S/c1-9-3-5-11(6-4-9)21(18,19)12-7-10(8-15)14(20-2)17-13(12)16/h3-7H,1-2H3,(H2,16,17)/p+1. The highest BCUT2D eigenvalue weighted by Crippen LogP contribution is 2.26. The van der Waals surface area contributed by atoms with Gasteiger partial charge in [-0.3, -0.25) is 5.73 Å². The molecule has 0 amide bonds. The number of aromatic nitrogens is 1. The Bertz CT molecular complexity index is 822. The van der Waals surface area contributed by atoms with Gasteiger partial charge in [0.05, 0.1) is 12.0 Å². The number of benzene rings is 1. The molecule has 0 aliphatic carbocycles. The molecule has 2 aromatic rings. The van der Waals surface area contributed by atoms with E-state index < -0.39 is 9.84 Å². The third-order valence-corrected chi connectivity index (χ3v) is 4.79. The number of hydrogen-bond donors (Lipinski definition) is 1. The van der Waals surface area contributed by atoms with Crippen molar-refractivity contribution in [2.75, 3.05) is 12.8 Å². The van der Waals surface area contributed by atoms with Crippen LogP contribution in [0, 0.1) is 18.3 Å². The predicted molar refractivity (Wildman–Crippen MR) is 75.3 cm³/mol. The largest absolute Gasteiger partial charge is 0.465 e. The Balaban J connectivity index is 2.65. The maximum Gasteiger partial charge on any atom is 0.300 e. The summed E-state index contributed by atoms with van der Waals surface area (Å²) in [4.78, 5) is 2.55. The van der Waals surface area contributed by atoms with Gasteiger partial charge in [-0.25, -0.2) is 13.4 Å². The van der Waals surface area contributed by atoms with Gasteiger partial charge in [-0.05, 0) is 25.1 Å². The van der Waals surface area contributed by atoms with Crippen LogP contribution in [0.15, 0.2) is 40.1 Å². The zero-order valence-electron chi connectivity index (χ0n) is 11.5. The Labute approximate surface area is 122 Å². The fourth-order valence-corrected chi connectivity index (χ4v) is 3.20. The number of aryl methyl sites for hydroxylation is 1. The van der Waals surface area contributed by atoms with Gasteiger partial charge in [0.15, 0.2) is 4.90 Å². The van der Waals surface area contributed by atoms with Crippen LogP contribution in [0.5, 0.6) is 5.88 Å². The van der Waals surface area contributed by atoms with E-state index in [1.165, 1.54) is 25.3 Å². The summed E-state index contributed by atoms with van der Waals surface area (Å²) in [6, 6.07) is 9.47. The lowest BCUT2D eigenvalue weighted by molar-refractivity contribution is -0.378. The van der Waals surface area contributed by atoms with Crippen molar-refractivity contribution in [2.24, 2.45) is 0 Å². The van der Waals surface area contributed by atoms with Crippen LogP contribution in [-0.2, 0) is 9.84 Å². The first-order chi connectivity index (χ1) is 9.90. The molecule has 6 nitrogen and oxygen atoms in total. The molecule has 0 saturated heterocycles. The number of aromatic amines is 1. The van der Waals surface area contributed by atoms with Crippen molar-refractivity contribution < 1.29 is 18.1 Å². The maximum absolute atomic E-state index is 12.6. The van der Waals surface area contributed by atoms with Crippen molar-refractivity contribution in [1.82, 2.24) is 0 Å². The van der Waals surface area contributed by atoms with Gasteiger partial charge in [0.2, 0.25) is 9.84 Å². The van der Waals surface area contributed by atoms with Crippen LogP contribution < -0.4 is 15.5 Å². The molecule has 0 radical (unpaired) electrons. The molecule has 1 aromatic heterocycles. The van der Waals surface area contributed by atoms with Gasteiger partial charge in [0, 0.05) is 0 Å². The second kappa shape index (κ2) is 5.42. The van der Waals surface area contributed by atoms with Crippen molar-refractivity contribution in [3.05, 3.63) is 41.5 Å². The Hall–Kier alpha value is -2.59. The van der Waals surface area contributed by atoms with Crippen molar-refractivity contribution in [1.29, 1.82) is 5.26 Å². The number of rotatable bonds is 3. The number of methoxy groups -OCH3 is 1. The molecule has 1 heterocycles. The molecule has 0 unspecified atom stereocenters. The van der Waals surface area contributed by atoms with Crippen molar-refractivity contribution in [3.8, 4) is 11.9 Å². The zero-order chi connectivity index (χ0) is 15.6. The van der Waals surface area contributed by atoms with E-state index in [1.54, 1.807) is 12.1 Å². The van der Waals surface area contributed by atoms with Crippen LogP contribution in [0.3, 0.4) is 0 Å². The second-order valence-electron chi connectivity index (χ2n) is 4.42. The van der Waals surface area contributed by atoms with Crippen LogP contribution in [-0.4, -0.2) is 15.5 Å². The number of ether oxygens (including phenoxy) is 1. The number of pyridine rings is 1. The molecule has 7 heteroatoms. The quantitative estimate of drug-likeness (QED) is 0.913. The number of H-pyrrole nitrogens is 1. The summed E-state index contributed by atoms with van der Waals surface area (Å²) >= 11 is 0. The number of sulfone groups is 1. The van der Waals surface area contributed by atoms with E-state index in [0.29, 0.717) is 0 Å². The predicted octanol–water partition coefficient (Wildman–Crippen LogP) is 1.10. The van der Waals surface area contributed by atoms with Gasteiger partial charge in [-0.1, -0.05) is 17.7 Å². The number of hydrogen-bond acceptors (Lipinski definition) is 5. The molecule has 21 heavy (non-hydrogen) atoms. The summed E-state index contributed by atoms with van der Waals surface area (Å²) in [6.45, 7) is 1.86. The first-order valence-electron chi connectivity index (χ1n) is 6.01. The normalized spacial score (nSPS) is 10.9. The Morgan fingerprint density at radius 3 is 2.43 bits per heavy atom. The second-order valence-corrected chi connectivity index (χ2v) is 6.34. The van der Waals surface area contributed by atoms with Gasteiger partial charge in [0.1, 0.15) is 11.6 Å². The molecule has 0 aliphatic heterocycles. The maximum atomic E-state index is 12.6. The lowest BCUT2D eigenvalue weighted by atomic mass is 10.2. The molecule has 0 spiro atoms. The molecule has 0 aliphatic rings. The SMILES string of the molecule is COc1[nH+]c(N)c(S(=O)(=O)c2ccc(C)cc2)cc1C#N. The van der Waals surface area contributed by atoms with Crippen molar-refractivity contribution in [2.45, 2.75) is 16.7 Å². The fraction of sp³-hybridized carbons (Fsp3) is 0.143. The van der Waals surface area contributed by atoms with Gasteiger partial charge in [-0.2, -0.15) is 5.26 Å². The average Bonchev–Trinajstić information content (AvgIpc) is 2.47. The molecule has 0 atom stereocenters. The van der Waals surface area contributed by atoms with Crippen molar-refractivity contribution in [3.63, 3.8) is 0 Å². The molecular formula is C14H14N3O3S+. The molecule has 3 N–H and O–H groups in total. The van der Waals surface area contributed by atoms with E-state index in [-0.39, 0.29) is 27.1 Å². The third kappa shape index (κ3) is 2.66. The van der Waals surface area contributed by atoms with Crippen LogP contribution >= 0.6 is 0 Å². The average molecular weight is 304 g/mol. The monoisotopic (exact) mass is 304 g/mol. The summed E-state index contributed by atoms with van der Waals surface area (Å²) in [5, 5.41) is 9.05.